The number of benzene rings is 1. The predicted octanol–water partition coefficient (Wildman–Crippen LogP) is 2.88. The quantitative estimate of drug-likeness (QED) is 0.477. The molecule has 5 heteroatoms. The van der Waals surface area contributed by atoms with Gasteiger partial charge in [-0.05, 0) is 25.3 Å². The highest BCUT2D eigenvalue weighted by Gasteiger charge is 2.29. The van der Waals surface area contributed by atoms with Gasteiger partial charge in [-0.15, -0.1) is 24.0 Å². The highest BCUT2D eigenvalue weighted by Crippen LogP contribution is 2.23. The lowest BCUT2D eigenvalue weighted by Gasteiger charge is -2.26. The lowest BCUT2D eigenvalue weighted by atomic mass is 10.0. The Hall–Kier alpha value is -0.820. The summed E-state index contributed by atoms with van der Waals surface area (Å²) in [5, 5.41) is 3.42. The van der Waals surface area contributed by atoms with E-state index < -0.39 is 0 Å². The van der Waals surface area contributed by atoms with Crippen LogP contribution in [0.2, 0.25) is 0 Å². The van der Waals surface area contributed by atoms with Crippen LogP contribution in [0.25, 0.3) is 0 Å². The van der Waals surface area contributed by atoms with Crippen LogP contribution < -0.4 is 5.32 Å². The van der Waals surface area contributed by atoms with Crippen molar-refractivity contribution in [1.29, 1.82) is 0 Å². The molecule has 1 N–H and O–H groups in total. The molecule has 0 aromatic heterocycles. The molecular formula is C16H26IN3O. The zero-order chi connectivity index (χ0) is 14.4. The second kappa shape index (κ2) is 8.58. The number of hydrogen-bond acceptors (Lipinski definition) is 2. The Kier molecular flexibility index (Phi) is 7.45. The molecule has 2 rings (SSSR count). The van der Waals surface area contributed by atoms with Crippen LogP contribution in [0.1, 0.15) is 25.3 Å². The molecule has 0 aliphatic carbocycles. The molecule has 0 saturated carbocycles. The summed E-state index contributed by atoms with van der Waals surface area (Å²) in [6.45, 7) is 4.53. The average molecular weight is 403 g/mol. The number of hydrogen-bond donors (Lipinski definition) is 1. The van der Waals surface area contributed by atoms with Crippen molar-refractivity contribution in [3.63, 3.8) is 0 Å². The van der Waals surface area contributed by atoms with Crippen LogP contribution in [0.4, 0.5) is 0 Å². The van der Waals surface area contributed by atoms with Crippen LogP contribution in [0.3, 0.4) is 0 Å². The minimum absolute atomic E-state index is 0. The Bertz CT molecular complexity index is 442. The number of rotatable bonds is 4. The van der Waals surface area contributed by atoms with Crippen LogP contribution in [0.15, 0.2) is 35.3 Å². The molecule has 1 aromatic carbocycles. The van der Waals surface area contributed by atoms with Gasteiger partial charge in [-0.2, -0.15) is 0 Å². The van der Waals surface area contributed by atoms with Crippen LogP contribution in [0.5, 0.6) is 0 Å². The van der Waals surface area contributed by atoms with Gasteiger partial charge in [0, 0.05) is 27.2 Å². The SMILES string of the molecule is CN(C)C(=NCc1ccccc1)NCC1(C)CCCO1.I. The number of halogens is 1. The van der Waals surface area contributed by atoms with Gasteiger partial charge in [0.15, 0.2) is 5.96 Å². The topological polar surface area (TPSA) is 36.9 Å². The first-order valence-corrected chi connectivity index (χ1v) is 7.23. The summed E-state index contributed by atoms with van der Waals surface area (Å²) in [6.07, 6.45) is 2.26. The van der Waals surface area contributed by atoms with E-state index in [0.29, 0.717) is 6.54 Å². The lowest BCUT2D eigenvalue weighted by molar-refractivity contribution is 0.0240. The summed E-state index contributed by atoms with van der Waals surface area (Å²) >= 11 is 0. The Morgan fingerprint density at radius 1 is 1.33 bits per heavy atom. The first kappa shape index (κ1) is 18.2. The van der Waals surface area contributed by atoms with Crippen molar-refractivity contribution in [1.82, 2.24) is 10.2 Å². The zero-order valence-corrected chi connectivity index (χ0v) is 15.5. The maximum Gasteiger partial charge on any atom is 0.193 e. The first-order chi connectivity index (χ1) is 9.59. The zero-order valence-electron chi connectivity index (χ0n) is 13.1. The van der Waals surface area contributed by atoms with Gasteiger partial charge in [0.2, 0.25) is 0 Å². The summed E-state index contributed by atoms with van der Waals surface area (Å²) in [6, 6.07) is 10.3. The number of aliphatic imine (C=N–C) groups is 1. The standard InChI is InChI=1S/C16H25N3O.HI/c1-16(10-7-11-20-16)13-18-15(19(2)3)17-12-14-8-5-4-6-9-14;/h4-6,8-9H,7,10-13H2,1-3H3,(H,17,18);1H. The molecule has 0 radical (unpaired) electrons. The largest absolute Gasteiger partial charge is 0.373 e. The molecule has 1 fully saturated rings. The van der Waals surface area contributed by atoms with Gasteiger partial charge in [-0.25, -0.2) is 4.99 Å². The van der Waals surface area contributed by atoms with E-state index in [1.165, 1.54) is 5.56 Å². The van der Waals surface area contributed by atoms with E-state index in [1.54, 1.807) is 0 Å². The van der Waals surface area contributed by atoms with Gasteiger partial charge in [0.05, 0.1) is 12.1 Å². The van der Waals surface area contributed by atoms with Crippen molar-refractivity contribution in [2.24, 2.45) is 4.99 Å². The van der Waals surface area contributed by atoms with E-state index in [9.17, 15) is 0 Å². The van der Waals surface area contributed by atoms with E-state index >= 15 is 0 Å². The molecule has 1 saturated heterocycles. The summed E-state index contributed by atoms with van der Waals surface area (Å²) in [5.74, 6) is 0.908. The monoisotopic (exact) mass is 403 g/mol. The molecule has 0 spiro atoms. The van der Waals surface area contributed by atoms with Crippen molar-refractivity contribution in [2.75, 3.05) is 27.2 Å². The number of guanidine groups is 1. The fourth-order valence-corrected chi connectivity index (χ4v) is 2.35. The van der Waals surface area contributed by atoms with Gasteiger partial charge in [0.25, 0.3) is 0 Å². The van der Waals surface area contributed by atoms with Crippen LogP contribution in [-0.2, 0) is 11.3 Å². The molecule has 1 aromatic rings. The molecule has 4 nitrogen and oxygen atoms in total. The molecule has 118 valence electrons. The van der Waals surface area contributed by atoms with E-state index in [-0.39, 0.29) is 29.6 Å². The summed E-state index contributed by atoms with van der Waals surface area (Å²) in [7, 11) is 4.02. The van der Waals surface area contributed by atoms with E-state index in [1.807, 2.05) is 37.2 Å². The fourth-order valence-electron chi connectivity index (χ4n) is 2.35. The number of nitrogens with one attached hydrogen (secondary N) is 1. The second-order valence-corrected chi connectivity index (χ2v) is 5.78. The maximum absolute atomic E-state index is 5.80. The maximum atomic E-state index is 5.80. The third kappa shape index (κ3) is 5.82. The van der Waals surface area contributed by atoms with E-state index in [0.717, 1.165) is 32.0 Å². The molecule has 0 bridgehead atoms. The Morgan fingerprint density at radius 2 is 2.05 bits per heavy atom. The number of nitrogens with zero attached hydrogens (tertiary/aromatic N) is 2. The molecule has 1 aliphatic heterocycles. The fraction of sp³-hybridized carbons (Fsp3) is 0.562. The predicted molar refractivity (Wildman–Crippen MR) is 98.3 cm³/mol. The molecule has 0 amide bonds. The van der Waals surface area contributed by atoms with Crippen LogP contribution >= 0.6 is 24.0 Å². The molecule has 1 heterocycles. The molecule has 1 atom stereocenters. The number of ether oxygens (including phenoxy) is 1. The van der Waals surface area contributed by atoms with Crippen molar-refractivity contribution >= 4 is 29.9 Å². The Morgan fingerprint density at radius 3 is 2.62 bits per heavy atom. The van der Waals surface area contributed by atoms with Crippen LogP contribution in [0, 0.1) is 0 Å². The summed E-state index contributed by atoms with van der Waals surface area (Å²) in [4.78, 5) is 6.68. The van der Waals surface area contributed by atoms with Gasteiger partial charge < -0.3 is 15.0 Å². The molecule has 1 unspecified atom stereocenters. The molecule has 1 aliphatic rings. The van der Waals surface area contributed by atoms with Crippen molar-refractivity contribution < 1.29 is 4.74 Å². The second-order valence-electron chi connectivity index (χ2n) is 5.78. The van der Waals surface area contributed by atoms with Crippen molar-refractivity contribution in [3.8, 4) is 0 Å². The molecule has 21 heavy (non-hydrogen) atoms. The summed E-state index contributed by atoms with van der Waals surface area (Å²) < 4.78 is 5.80. The summed E-state index contributed by atoms with van der Waals surface area (Å²) in [5.41, 5.74) is 1.17. The smallest absolute Gasteiger partial charge is 0.193 e. The van der Waals surface area contributed by atoms with Gasteiger partial charge in [-0.1, -0.05) is 30.3 Å². The van der Waals surface area contributed by atoms with Gasteiger partial charge >= 0.3 is 0 Å². The normalized spacial score (nSPS) is 21.8. The Labute approximate surface area is 145 Å². The van der Waals surface area contributed by atoms with Crippen molar-refractivity contribution in [3.05, 3.63) is 35.9 Å². The lowest BCUT2D eigenvalue weighted by Crippen LogP contribution is -2.45. The highest BCUT2D eigenvalue weighted by atomic mass is 127. The van der Waals surface area contributed by atoms with Gasteiger partial charge in [-0.3, -0.25) is 0 Å². The minimum Gasteiger partial charge on any atom is -0.373 e. The molecular weight excluding hydrogens is 377 g/mol. The third-order valence-electron chi connectivity index (χ3n) is 3.60. The average Bonchev–Trinajstić information content (AvgIpc) is 2.86. The minimum atomic E-state index is -0.0521. The van der Waals surface area contributed by atoms with Gasteiger partial charge in [0.1, 0.15) is 0 Å². The third-order valence-corrected chi connectivity index (χ3v) is 3.60. The highest BCUT2D eigenvalue weighted by molar-refractivity contribution is 14.0. The first-order valence-electron chi connectivity index (χ1n) is 7.23. The van der Waals surface area contributed by atoms with E-state index in [4.69, 9.17) is 4.74 Å². The Balaban J connectivity index is 0.00000220. The van der Waals surface area contributed by atoms with E-state index in [2.05, 4.69) is 29.4 Å². The van der Waals surface area contributed by atoms with Crippen molar-refractivity contribution in [2.45, 2.75) is 31.9 Å². The van der Waals surface area contributed by atoms with Crippen LogP contribution in [-0.4, -0.2) is 43.7 Å².